The van der Waals surface area contributed by atoms with Crippen molar-refractivity contribution in [1.82, 2.24) is 4.90 Å². The Kier molecular flexibility index (Phi) is 2.84. The third kappa shape index (κ3) is 2.00. The average Bonchev–Trinajstić information content (AvgIpc) is 2.36. The van der Waals surface area contributed by atoms with Gasteiger partial charge in [-0.25, -0.2) is 4.79 Å². The summed E-state index contributed by atoms with van der Waals surface area (Å²) in [7, 11) is 0. The fourth-order valence-electron chi connectivity index (χ4n) is 2.04. The lowest BCUT2D eigenvalue weighted by Crippen LogP contribution is -2.48. The Morgan fingerprint density at radius 2 is 2.00 bits per heavy atom. The van der Waals surface area contributed by atoms with Gasteiger partial charge in [0.1, 0.15) is 6.04 Å². The van der Waals surface area contributed by atoms with Crippen LogP contribution in [0.4, 0.5) is 0 Å². The Balaban J connectivity index is 2.38. The SMILES string of the molecule is C#CC(=O)N1Cc2ccccc2CC1C(=O)O. The topological polar surface area (TPSA) is 57.6 Å². The lowest BCUT2D eigenvalue weighted by atomic mass is 9.94. The number of carboxylic acid groups (broad SMARTS) is 1. The van der Waals surface area contributed by atoms with E-state index in [2.05, 4.69) is 0 Å². The van der Waals surface area contributed by atoms with Crippen LogP contribution in [-0.4, -0.2) is 27.9 Å². The zero-order valence-electron chi connectivity index (χ0n) is 9.09. The van der Waals surface area contributed by atoms with Crippen LogP contribution in [0.2, 0.25) is 0 Å². The Morgan fingerprint density at radius 1 is 1.35 bits per heavy atom. The second-order valence-electron chi connectivity index (χ2n) is 3.90. The molecule has 0 spiro atoms. The number of amides is 1. The summed E-state index contributed by atoms with van der Waals surface area (Å²) in [4.78, 5) is 23.9. The van der Waals surface area contributed by atoms with Gasteiger partial charge in [0.25, 0.3) is 5.91 Å². The molecule has 1 aliphatic heterocycles. The highest BCUT2D eigenvalue weighted by Gasteiger charge is 2.33. The van der Waals surface area contributed by atoms with E-state index >= 15 is 0 Å². The van der Waals surface area contributed by atoms with E-state index in [1.54, 1.807) is 0 Å². The van der Waals surface area contributed by atoms with Crippen LogP contribution >= 0.6 is 0 Å². The van der Waals surface area contributed by atoms with Gasteiger partial charge in [0.15, 0.2) is 0 Å². The fourth-order valence-corrected chi connectivity index (χ4v) is 2.04. The molecular weight excluding hydrogens is 218 g/mol. The monoisotopic (exact) mass is 229 g/mol. The molecule has 0 saturated carbocycles. The minimum Gasteiger partial charge on any atom is -0.480 e. The molecule has 0 aromatic heterocycles. The number of hydrogen-bond acceptors (Lipinski definition) is 2. The van der Waals surface area contributed by atoms with Crippen LogP contribution in [0.15, 0.2) is 24.3 Å². The van der Waals surface area contributed by atoms with Crippen molar-refractivity contribution in [2.75, 3.05) is 0 Å². The van der Waals surface area contributed by atoms with Crippen LogP contribution in [0.5, 0.6) is 0 Å². The van der Waals surface area contributed by atoms with Crippen molar-refractivity contribution < 1.29 is 14.7 Å². The van der Waals surface area contributed by atoms with E-state index in [4.69, 9.17) is 11.5 Å². The number of carbonyl (C=O) groups excluding carboxylic acids is 1. The quantitative estimate of drug-likeness (QED) is 0.720. The zero-order chi connectivity index (χ0) is 12.4. The van der Waals surface area contributed by atoms with Crippen LogP contribution in [0.1, 0.15) is 11.1 Å². The highest BCUT2D eigenvalue weighted by Crippen LogP contribution is 2.23. The summed E-state index contributed by atoms with van der Waals surface area (Å²) in [6, 6.07) is 6.61. The van der Waals surface area contributed by atoms with Gasteiger partial charge >= 0.3 is 5.97 Å². The van der Waals surface area contributed by atoms with Crippen molar-refractivity contribution in [2.45, 2.75) is 19.0 Å². The Hall–Kier alpha value is -2.28. The number of rotatable bonds is 1. The van der Waals surface area contributed by atoms with Crippen LogP contribution in [-0.2, 0) is 22.6 Å². The summed E-state index contributed by atoms with van der Waals surface area (Å²) < 4.78 is 0. The summed E-state index contributed by atoms with van der Waals surface area (Å²) in [5.41, 5.74) is 1.91. The van der Waals surface area contributed by atoms with Crippen LogP contribution in [0, 0.1) is 12.3 Å². The number of terminal acetylenes is 1. The smallest absolute Gasteiger partial charge is 0.326 e. The first kappa shape index (κ1) is 11.2. The molecule has 17 heavy (non-hydrogen) atoms. The van der Waals surface area contributed by atoms with E-state index in [-0.39, 0.29) is 6.54 Å². The maximum Gasteiger partial charge on any atom is 0.326 e. The molecule has 86 valence electrons. The number of aliphatic carboxylic acids is 1. The largest absolute Gasteiger partial charge is 0.480 e. The molecule has 1 aromatic carbocycles. The second-order valence-corrected chi connectivity index (χ2v) is 3.90. The van der Waals surface area contributed by atoms with Gasteiger partial charge in [-0.1, -0.05) is 24.3 Å². The number of fused-ring (bicyclic) bond motifs is 1. The van der Waals surface area contributed by atoms with Gasteiger partial charge in [-0.3, -0.25) is 4.79 Å². The van der Waals surface area contributed by atoms with E-state index in [0.29, 0.717) is 6.42 Å². The van der Waals surface area contributed by atoms with Gasteiger partial charge in [-0.2, -0.15) is 0 Å². The highest BCUT2D eigenvalue weighted by molar-refractivity contribution is 5.95. The van der Waals surface area contributed by atoms with Crippen molar-refractivity contribution in [3.8, 4) is 12.3 Å². The zero-order valence-corrected chi connectivity index (χ0v) is 9.09. The molecule has 0 bridgehead atoms. The number of hydrogen-bond donors (Lipinski definition) is 1. The van der Waals surface area contributed by atoms with E-state index in [1.165, 1.54) is 4.90 Å². The normalized spacial score (nSPS) is 18.1. The summed E-state index contributed by atoms with van der Waals surface area (Å²) in [5, 5.41) is 9.12. The van der Waals surface area contributed by atoms with Gasteiger partial charge in [-0.05, 0) is 17.0 Å². The summed E-state index contributed by atoms with van der Waals surface area (Å²) in [5.74, 6) is 0.372. The summed E-state index contributed by atoms with van der Waals surface area (Å²) in [6.45, 7) is 0.260. The maximum absolute atomic E-state index is 11.5. The average molecular weight is 229 g/mol. The lowest BCUT2D eigenvalue weighted by Gasteiger charge is -2.32. The van der Waals surface area contributed by atoms with Gasteiger partial charge in [0, 0.05) is 13.0 Å². The third-order valence-electron chi connectivity index (χ3n) is 2.92. The van der Waals surface area contributed by atoms with Gasteiger partial charge in [0.05, 0.1) is 0 Å². The molecule has 0 radical (unpaired) electrons. The number of benzene rings is 1. The molecular formula is C13H11NO3. The first-order valence-corrected chi connectivity index (χ1v) is 5.20. The minimum atomic E-state index is -1.02. The molecule has 0 saturated heterocycles. The van der Waals surface area contributed by atoms with E-state index in [0.717, 1.165) is 11.1 Å². The molecule has 1 heterocycles. The molecule has 1 aliphatic rings. The molecule has 4 nitrogen and oxygen atoms in total. The highest BCUT2D eigenvalue weighted by atomic mass is 16.4. The Labute approximate surface area is 98.9 Å². The molecule has 4 heteroatoms. The minimum absolute atomic E-state index is 0.260. The van der Waals surface area contributed by atoms with Gasteiger partial charge in [-0.15, -0.1) is 6.42 Å². The first-order valence-electron chi connectivity index (χ1n) is 5.20. The second kappa shape index (κ2) is 4.30. The molecule has 0 fully saturated rings. The molecule has 1 N–H and O–H groups in total. The van der Waals surface area contributed by atoms with E-state index in [9.17, 15) is 9.59 Å². The fraction of sp³-hybridized carbons (Fsp3) is 0.231. The third-order valence-corrected chi connectivity index (χ3v) is 2.92. The molecule has 1 unspecified atom stereocenters. The lowest BCUT2D eigenvalue weighted by molar-refractivity contribution is -0.149. The van der Waals surface area contributed by atoms with Crippen molar-refractivity contribution in [2.24, 2.45) is 0 Å². The number of nitrogens with zero attached hydrogens (tertiary/aromatic N) is 1. The van der Waals surface area contributed by atoms with E-state index < -0.39 is 17.9 Å². The van der Waals surface area contributed by atoms with Gasteiger partial charge in [0.2, 0.25) is 0 Å². The summed E-state index contributed by atoms with van der Waals surface area (Å²) in [6.07, 6.45) is 5.36. The van der Waals surface area contributed by atoms with Crippen molar-refractivity contribution in [3.05, 3.63) is 35.4 Å². The van der Waals surface area contributed by atoms with Crippen LogP contribution in [0.25, 0.3) is 0 Å². The van der Waals surface area contributed by atoms with Crippen molar-refractivity contribution >= 4 is 11.9 Å². The molecule has 0 aliphatic carbocycles. The number of carbonyl (C=O) groups is 2. The van der Waals surface area contributed by atoms with Crippen molar-refractivity contribution in [1.29, 1.82) is 0 Å². The first-order chi connectivity index (χ1) is 8.13. The molecule has 1 amide bonds. The maximum atomic E-state index is 11.5. The predicted molar refractivity (Wildman–Crippen MR) is 61.0 cm³/mol. The predicted octanol–water partition coefficient (Wildman–Crippen LogP) is 0.658. The molecule has 2 rings (SSSR count). The standard InChI is InChI=1S/C13H11NO3/c1-2-12(15)14-8-10-6-4-3-5-9(10)7-11(14)13(16)17/h1,3-6,11H,7-8H2,(H,16,17). The van der Waals surface area contributed by atoms with Crippen LogP contribution < -0.4 is 0 Å². The van der Waals surface area contributed by atoms with Crippen LogP contribution in [0.3, 0.4) is 0 Å². The Morgan fingerprint density at radius 3 is 2.59 bits per heavy atom. The molecule has 1 aromatic rings. The molecule has 1 atom stereocenters. The van der Waals surface area contributed by atoms with Crippen molar-refractivity contribution in [3.63, 3.8) is 0 Å². The summed E-state index contributed by atoms with van der Waals surface area (Å²) >= 11 is 0. The van der Waals surface area contributed by atoms with E-state index in [1.807, 2.05) is 30.2 Å². The Bertz CT molecular complexity index is 516. The number of carboxylic acids is 1. The van der Waals surface area contributed by atoms with Gasteiger partial charge < -0.3 is 10.0 Å².